The van der Waals surface area contributed by atoms with Crippen molar-refractivity contribution in [2.45, 2.75) is 25.7 Å². The van der Waals surface area contributed by atoms with E-state index in [0.717, 1.165) is 19.3 Å². The highest BCUT2D eigenvalue weighted by Crippen LogP contribution is 2.48. The van der Waals surface area contributed by atoms with Gasteiger partial charge in [0.25, 0.3) is 5.69 Å². The third-order valence-electron chi connectivity index (χ3n) is 4.73. The molecular formula is C15H18N2O4. The lowest BCUT2D eigenvalue weighted by Crippen LogP contribution is -2.27. The lowest BCUT2D eigenvalue weighted by Gasteiger charge is -2.21. The molecule has 2 bridgehead atoms. The molecule has 2 saturated carbocycles. The molecule has 0 saturated heterocycles. The maximum atomic E-state index is 12.4. The Morgan fingerprint density at radius 3 is 2.76 bits per heavy atom. The number of methoxy groups -OCH3 is 1. The molecule has 6 heteroatoms. The topological polar surface area (TPSA) is 81.5 Å². The molecule has 21 heavy (non-hydrogen) atoms. The monoisotopic (exact) mass is 290 g/mol. The van der Waals surface area contributed by atoms with Gasteiger partial charge >= 0.3 is 0 Å². The Hall–Kier alpha value is -2.11. The highest BCUT2D eigenvalue weighted by molar-refractivity contribution is 5.94. The van der Waals surface area contributed by atoms with Gasteiger partial charge in [0, 0.05) is 12.0 Å². The first-order valence-electron chi connectivity index (χ1n) is 7.21. The average molecular weight is 290 g/mol. The molecule has 0 aromatic heterocycles. The van der Waals surface area contributed by atoms with Gasteiger partial charge in [-0.2, -0.15) is 0 Å². The van der Waals surface area contributed by atoms with E-state index in [1.54, 1.807) is 0 Å². The molecule has 1 N–H and O–H groups in total. The fourth-order valence-corrected chi connectivity index (χ4v) is 3.69. The lowest BCUT2D eigenvalue weighted by molar-refractivity contribution is -0.384. The molecule has 1 amide bonds. The van der Waals surface area contributed by atoms with Crippen LogP contribution in [0.15, 0.2) is 18.2 Å². The fourth-order valence-electron chi connectivity index (χ4n) is 3.69. The molecule has 0 radical (unpaired) electrons. The van der Waals surface area contributed by atoms with Crippen molar-refractivity contribution in [3.05, 3.63) is 28.3 Å². The van der Waals surface area contributed by atoms with Crippen LogP contribution in [0.4, 0.5) is 11.4 Å². The number of nitro groups is 1. The number of ether oxygens (including phenoxy) is 1. The van der Waals surface area contributed by atoms with E-state index in [9.17, 15) is 14.9 Å². The molecule has 1 aromatic carbocycles. The molecule has 0 spiro atoms. The number of hydrogen-bond donors (Lipinski definition) is 1. The molecule has 3 atom stereocenters. The number of non-ortho nitro benzene ring substituents is 1. The molecule has 3 unspecified atom stereocenters. The minimum Gasteiger partial charge on any atom is -0.494 e. The molecule has 2 fully saturated rings. The van der Waals surface area contributed by atoms with Crippen molar-refractivity contribution in [3.63, 3.8) is 0 Å². The smallest absolute Gasteiger partial charge is 0.273 e. The van der Waals surface area contributed by atoms with Crippen molar-refractivity contribution < 1.29 is 14.5 Å². The first kappa shape index (κ1) is 13.9. The molecule has 6 nitrogen and oxygen atoms in total. The second-order valence-electron chi connectivity index (χ2n) is 5.91. The number of nitro benzene ring substituents is 1. The van der Waals surface area contributed by atoms with E-state index in [4.69, 9.17) is 4.74 Å². The maximum absolute atomic E-state index is 12.4. The normalized spacial score (nSPS) is 26.6. The van der Waals surface area contributed by atoms with Crippen molar-refractivity contribution in [2.24, 2.45) is 17.8 Å². The predicted octanol–water partition coefficient (Wildman–Crippen LogP) is 2.98. The quantitative estimate of drug-likeness (QED) is 0.682. The van der Waals surface area contributed by atoms with Crippen LogP contribution in [-0.2, 0) is 4.79 Å². The summed E-state index contributed by atoms with van der Waals surface area (Å²) in [4.78, 5) is 22.7. The van der Waals surface area contributed by atoms with Crippen molar-refractivity contribution in [3.8, 4) is 5.75 Å². The summed E-state index contributed by atoms with van der Waals surface area (Å²) in [6.45, 7) is 0. The van der Waals surface area contributed by atoms with E-state index in [-0.39, 0.29) is 17.5 Å². The van der Waals surface area contributed by atoms with E-state index in [1.807, 2.05) is 0 Å². The Morgan fingerprint density at radius 2 is 2.19 bits per heavy atom. The largest absolute Gasteiger partial charge is 0.494 e. The number of amides is 1. The van der Waals surface area contributed by atoms with Gasteiger partial charge in [-0.25, -0.2) is 0 Å². The first-order valence-corrected chi connectivity index (χ1v) is 7.21. The molecule has 112 valence electrons. The van der Waals surface area contributed by atoms with Crippen molar-refractivity contribution >= 4 is 17.3 Å². The van der Waals surface area contributed by atoms with Crippen molar-refractivity contribution in [2.75, 3.05) is 12.4 Å². The number of rotatable bonds is 4. The summed E-state index contributed by atoms with van der Waals surface area (Å²) < 4.78 is 5.14. The number of anilines is 1. The van der Waals surface area contributed by atoms with Gasteiger partial charge in [-0.05, 0) is 37.2 Å². The van der Waals surface area contributed by atoms with Gasteiger partial charge in [0.05, 0.1) is 23.8 Å². The van der Waals surface area contributed by atoms with Crippen LogP contribution in [0.2, 0.25) is 0 Å². The number of nitrogens with zero attached hydrogens (tertiary/aromatic N) is 1. The van der Waals surface area contributed by atoms with Gasteiger partial charge in [-0.3, -0.25) is 14.9 Å². The molecular weight excluding hydrogens is 272 g/mol. The summed E-state index contributed by atoms with van der Waals surface area (Å²) in [6.07, 6.45) is 4.51. The van der Waals surface area contributed by atoms with E-state index in [2.05, 4.69) is 5.32 Å². The zero-order chi connectivity index (χ0) is 15.0. The Bertz CT molecular complexity index is 587. The Morgan fingerprint density at radius 1 is 1.38 bits per heavy atom. The zero-order valence-corrected chi connectivity index (χ0v) is 11.9. The average Bonchev–Trinajstić information content (AvgIpc) is 3.10. The van der Waals surface area contributed by atoms with Crippen molar-refractivity contribution in [1.29, 1.82) is 0 Å². The van der Waals surface area contributed by atoms with Gasteiger partial charge < -0.3 is 10.1 Å². The van der Waals surface area contributed by atoms with Gasteiger partial charge in [0.1, 0.15) is 5.75 Å². The molecule has 1 aromatic rings. The number of hydrogen-bond acceptors (Lipinski definition) is 4. The summed E-state index contributed by atoms with van der Waals surface area (Å²) in [6, 6.07) is 4.23. The number of carbonyl (C=O) groups excluding carboxylic acids is 1. The summed E-state index contributed by atoms with van der Waals surface area (Å²) in [5.74, 6) is 1.60. The second kappa shape index (κ2) is 5.35. The summed E-state index contributed by atoms with van der Waals surface area (Å²) >= 11 is 0. The first-order chi connectivity index (χ1) is 10.1. The number of benzene rings is 1. The Kier molecular flexibility index (Phi) is 3.53. The van der Waals surface area contributed by atoms with Crippen LogP contribution < -0.4 is 10.1 Å². The van der Waals surface area contributed by atoms with E-state index in [1.165, 1.54) is 31.7 Å². The van der Waals surface area contributed by atoms with Crippen LogP contribution >= 0.6 is 0 Å². The number of carbonyl (C=O) groups is 1. The van der Waals surface area contributed by atoms with E-state index >= 15 is 0 Å². The van der Waals surface area contributed by atoms with Crippen LogP contribution in [0.1, 0.15) is 25.7 Å². The highest BCUT2D eigenvalue weighted by Gasteiger charge is 2.43. The highest BCUT2D eigenvalue weighted by atomic mass is 16.6. The van der Waals surface area contributed by atoms with E-state index in [0.29, 0.717) is 23.3 Å². The molecule has 0 aliphatic heterocycles. The van der Waals surface area contributed by atoms with Crippen LogP contribution in [0.5, 0.6) is 5.75 Å². The van der Waals surface area contributed by atoms with E-state index < -0.39 is 4.92 Å². The van der Waals surface area contributed by atoms with Crippen LogP contribution in [0.3, 0.4) is 0 Å². The third-order valence-corrected chi connectivity index (χ3v) is 4.73. The standard InChI is InChI=1S/C15H18N2O4/c1-21-14-8-11(17(19)20)4-5-13(14)16-15(18)12-7-9-2-3-10(12)6-9/h4-5,8-10,12H,2-3,6-7H2,1H3,(H,16,18). The van der Waals surface area contributed by atoms with Crippen LogP contribution in [0, 0.1) is 27.9 Å². The van der Waals surface area contributed by atoms with Crippen molar-refractivity contribution in [1.82, 2.24) is 0 Å². The minimum atomic E-state index is -0.482. The molecule has 2 aliphatic carbocycles. The Balaban J connectivity index is 1.75. The third kappa shape index (κ3) is 2.57. The number of fused-ring (bicyclic) bond motifs is 2. The molecule has 2 aliphatic rings. The predicted molar refractivity (Wildman–Crippen MR) is 77.2 cm³/mol. The second-order valence-corrected chi connectivity index (χ2v) is 5.91. The summed E-state index contributed by atoms with van der Waals surface area (Å²) in [7, 11) is 1.44. The zero-order valence-electron chi connectivity index (χ0n) is 11.9. The lowest BCUT2D eigenvalue weighted by atomic mass is 9.88. The van der Waals surface area contributed by atoms with Crippen LogP contribution in [-0.4, -0.2) is 17.9 Å². The molecule has 3 rings (SSSR count). The Labute approximate surface area is 122 Å². The van der Waals surface area contributed by atoms with Crippen LogP contribution in [0.25, 0.3) is 0 Å². The minimum absolute atomic E-state index is 0.00866. The van der Waals surface area contributed by atoms with Gasteiger partial charge in [-0.15, -0.1) is 0 Å². The summed E-state index contributed by atoms with van der Waals surface area (Å²) in [5.41, 5.74) is 0.445. The molecule has 0 heterocycles. The SMILES string of the molecule is COc1cc([N+](=O)[O-])ccc1NC(=O)C1CC2CCC1C2. The fraction of sp³-hybridized carbons (Fsp3) is 0.533. The summed E-state index contributed by atoms with van der Waals surface area (Å²) in [5, 5.41) is 13.6. The number of nitrogens with one attached hydrogen (secondary N) is 1. The maximum Gasteiger partial charge on any atom is 0.273 e. The van der Waals surface area contributed by atoms with Gasteiger partial charge in [0.2, 0.25) is 5.91 Å². The van der Waals surface area contributed by atoms with Gasteiger partial charge in [0.15, 0.2) is 0 Å². The van der Waals surface area contributed by atoms with Gasteiger partial charge in [-0.1, -0.05) is 6.42 Å².